The molecule has 0 radical (unpaired) electrons. The molecule has 1 aromatic rings. The fraction of sp³-hybridized carbons (Fsp3) is 0.500. The lowest BCUT2D eigenvalue weighted by molar-refractivity contribution is 0.0686. The highest BCUT2D eigenvalue weighted by atomic mass is 16.5. The maximum absolute atomic E-state index is 10.6. The SMILES string of the molecule is O=C(O)c1nn(C2CCOC2)cc1O. The second kappa shape index (κ2) is 3.30. The number of ether oxygens (including phenoxy) is 1. The van der Waals surface area contributed by atoms with Gasteiger partial charge in [-0.15, -0.1) is 0 Å². The van der Waals surface area contributed by atoms with Gasteiger partial charge >= 0.3 is 5.97 Å². The summed E-state index contributed by atoms with van der Waals surface area (Å²) in [6, 6.07) is 0.0361. The first-order valence-electron chi connectivity index (χ1n) is 4.27. The molecule has 1 saturated heterocycles. The number of carboxylic acid groups (broad SMARTS) is 1. The Hall–Kier alpha value is -1.56. The molecule has 1 aromatic heterocycles. The average Bonchev–Trinajstić information content (AvgIpc) is 2.70. The highest BCUT2D eigenvalue weighted by molar-refractivity contribution is 5.88. The van der Waals surface area contributed by atoms with Crippen LogP contribution in [-0.2, 0) is 4.74 Å². The first kappa shape index (κ1) is 9.01. The van der Waals surface area contributed by atoms with Crippen LogP contribution in [0.25, 0.3) is 0 Å². The average molecular weight is 198 g/mol. The number of rotatable bonds is 2. The Labute approximate surface area is 79.7 Å². The van der Waals surface area contributed by atoms with Gasteiger partial charge in [-0.3, -0.25) is 4.68 Å². The highest BCUT2D eigenvalue weighted by Crippen LogP contribution is 2.22. The molecule has 0 spiro atoms. The molecule has 1 aliphatic rings. The van der Waals surface area contributed by atoms with Crippen LogP contribution < -0.4 is 0 Å². The van der Waals surface area contributed by atoms with Crippen LogP contribution in [0.1, 0.15) is 23.0 Å². The van der Waals surface area contributed by atoms with Gasteiger partial charge in [-0.2, -0.15) is 5.10 Å². The Morgan fingerprint density at radius 2 is 2.50 bits per heavy atom. The van der Waals surface area contributed by atoms with E-state index >= 15 is 0 Å². The highest BCUT2D eigenvalue weighted by Gasteiger charge is 2.22. The quantitative estimate of drug-likeness (QED) is 0.711. The van der Waals surface area contributed by atoms with E-state index < -0.39 is 5.97 Å². The molecular weight excluding hydrogens is 188 g/mol. The van der Waals surface area contributed by atoms with Crippen molar-refractivity contribution in [3.05, 3.63) is 11.9 Å². The predicted molar refractivity (Wildman–Crippen MR) is 45.3 cm³/mol. The Balaban J connectivity index is 2.27. The van der Waals surface area contributed by atoms with Gasteiger partial charge in [-0.25, -0.2) is 4.79 Å². The van der Waals surface area contributed by atoms with E-state index in [0.717, 1.165) is 6.42 Å². The van der Waals surface area contributed by atoms with Gasteiger partial charge in [-0.05, 0) is 6.42 Å². The zero-order chi connectivity index (χ0) is 10.1. The fourth-order valence-electron chi connectivity index (χ4n) is 1.45. The van der Waals surface area contributed by atoms with E-state index in [1.54, 1.807) is 0 Å². The van der Waals surface area contributed by atoms with Crippen LogP contribution in [-0.4, -0.2) is 39.2 Å². The van der Waals surface area contributed by atoms with Gasteiger partial charge in [0.05, 0.1) is 18.8 Å². The maximum Gasteiger partial charge on any atom is 0.360 e. The van der Waals surface area contributed by atoms with Gasteiger partial charge in [0.2, 0.25) is 5.69 Å². The molecule has 1 fully saturated rings. The van der Waals surface area contributed by atoms with Crippen molar-refractivity contribution in [1.29, 1.82) is 0 Å². The molecule has 2 N–H and O–H groups in total. The van der Waals surface area contributed by atoms with Gasteiger partial charge in [-0.1, -0.05) is 0 Å². The van der Waals surface area contributed by atoms with Crippen molar-refractivity contribution in [3.8, 4) is 5.75 Å². The molecule has 0 aliphatic carbocycles. The Bertz CT molecular complexity index is 354. The van der Waals surface area contributed by atoms with Crippen molar-refractivity contribution in [2.45, 2.75) is 12.5 Å². The number of aromatic nitrogens is 2. The van der Waals surface area contributed by atoms with Crippen molar-refractivity contribution < 1.29 is 19.7 Å². The van der Waals surface area contributed by atoms with Gasteiger partial charge in [0.25, 0.3) is 0 Å². The Kier molecular flexibility index (Phi) is 2.12. The zero-order valence-corrected chi connectivity index (χ0v) is 7.38. The molecule has 6 heteroatoms. The summed E-state index contributed by atoms with van der Waals surface area (Å²) in [7, 11) is 0. The minimum absolute atomic E-state index is 0.0361. The number of hydrogen-bond donors (Lipinski definition) is 2. The molecule has 6 nitrogen and oxygen atoms in total. The third kappa shape index (κ3) is 1.44. The fourth-order valence-corrected chi connectivity index (χ4v) is 1.45. The Morgan fingerprint density at radius 1 is 1.71 bits per heavy atom. The van der Waals surface area contributed by atoms with Crippen LogP contribution in [0.5, 0.6) is 5.75 Å². The minimum atomic E-state index is -1.22. The number of carbonyl (C=O) groups is 1. The van der Waals surface area contributed by atoms with Crippen molar-refractivity contribution in [1.82, 2.24) is 9.78 Å². The summed E-state index contributed by atoms with van der Waals surface area (Å²) in [6.45, 7) is 1.16. The lowest BCUT2D eigenvalue weighted by Gasteiger charge is -2.06. The monoisotopic (exact) mass is 198 g/mol. The molecule has 1 aliphatic heterocycles. The molecule has 0 bridgehead atoms. The van der Waals surface area contributed by atoms with E-state index in [4.69, 9.17) is 9.84 Å². The Morgan fingerprint density at radius 3 is 3.00 bits per heavy atom. The maximum atomic E-state index is 10.6. The molecule has 2 rings (SSSR count). The van der Waals surface area contributed by atoms with Crippen molar-refractivity contribution in [2.75, 3.05) is 13.2 Å². The summed E-state index contributed by atoms with van der Waals surface area (Å²) in [5, 5.41) is 21.7. The minimum Gasteiger partial charge on any atom is -0.504 e. The second-order valence-electron chi connectivity index (χ2n) is 3.17. The lowest BCUT2D eigenvalue weighted by Crippen LogP contribution is -2.10. The molecule has 1 atom stereocenters. The second-order valence-corrected chi connectivity index (χ2v) is 3.17. The van der Waals surface area contributed by atoms with Crippen molar-refractivity contribution in [2.24, 2.45) is 0 Å². The topological polar surface area (TPSA) is 84.6 Å². The molecule has 0 saturated carbocycles. The van der Waals surface area contributed by atoms with Gasteiger partial charge < -0.3 is 14.9 Å². The molecule has 1 unspecified atom stereocenters. The summed E-state index contributed by atoms with van der Waals surface area (Å²) in [6.07, 6.45) is 2.11. The number of aromatic hydroxyl groups is 1. The van der Waals surface area contributed by atoms with Crippen LogP contribution in [0.3, 0.4) is 0 Å². The van der Waals surface area contributed by atoms with E-state index in [9.17, 15) is 9.90 Å². The normalized spacial score (nSPS) is 21.3. The number of carboxylic acids is 1. The lowest BCUT2D eigenvalue weighted by atomic mass is 10.3. The molecule has 2 heterocycles. The number of aromatic carboxylic acids is 1. The molecule has 0 aromatic carbocycles. The van der Waals surface area contributed by atoms with E-state index in [-0.39, 0.29) is 17.5 Å². The molecular formula is C8H10N2O4. The van der Waals surface area contributed by atoms with E-state index in [1.165, 1.54) is 10.9 Å². The predicted octanol–water partition coefficient (Wildman–Crippen LogP) is 0.248. The van der Waals surface area contributed by atoms with Crippen LogP contribution in [0.2, 0.25) is 0 Å². The van der Waals surface area contributed by atoms with Gasteiger partial charge in [0.15, 0.2) is 5.75 Å². The largest absolute Gasteiger partial charge is 0.504 e. The number of nitrogens with zero attached hydrogens (tertiary/aromatic N) is 2. The van der Waals surface area contributed by atoms with E-state index in [1.807, 2.05) is 0 Å². The van der Waals surface area contributed by atoms with Crippen LogP contribution >= 0.6 is 0 Å². The first-order chi connectivity index (χ1) is 6.68. The smallest absolute Gasteiger partial charge is 0.360 e. The first-order valence-corrected chi connectivity index (χ1v) is 4.27. The molecule has 76 valence electrons. The summed E-state index contributed by atoms with van der Waals surface area (Å²) in [4.78, 5) is 10.6. The third-order valence-electron chi connectivity index (χ3n) is 2.19. The standard InChI is InChI=1S/C8H10N2O4/c11-6-3-10(5-1-2-14-4-5)9-7(6)8(12)13/h3,5,11H,1-2,4H2,(H,12,13). The van der Waals surface area contributed by atoms with Crippen molar-refractivity contribution >= 4 is 5.97 Å². The third-order valence-corrected chi connectivity index (χ3v) is 2.19. The summed E-state index contributed by atoms with van der Waals surface area (Å²) >= 11 is 0. The summed E-state index contributed by atoms with van der Waals surface area (Å²) in [5.41, 5.74) is -0.308. The van der Waals surface area contributed by atoms with Crippen LogP contribution in [0.15, 0.2) is 6.20 Å². The summed E-state index contributed by atoms with van der Waals surface area (Å²) < 4.78 is 6.58. The van der Waals surface area contributed by atoms with Gasteiger partial charge in [0, 0.05) is 6.61 Å². The molecule has 0 amide bonds. The van der Waals surface area contributed by atoms with Gasteiger partial charge in [0.1, 0.15) is 0 Å². The zero-order valence-electron chi connectivity index (χ0n) is 7.38. The van der Waals surface area contributed by atoms with E-state index in [2.05, 4.69) is 5.10 Å². The molecule has 14 heavy (non-hydrogen) atoms. The number of hydrogen-bond acceptors (Lipinski definition) is 4. The summed E-state index contributed by atoms with van der Waals surface area (Å²) in [5.74, 6) is -1.52. The van der Waals surface area contributed by atoms with Crippen LogP contribution in [0.4, 0.5) is 0 Å². The van der Waals surface area contributed by atoms with Crippen molar-refractivity contribution in [3.63, 3.8) is 0 Å². The van der Waals surface area contributed by atoms with E-state index in [0.29, 0.717) is 13.2 Å². The van der Waals surface area contributed by atoms with Crippen LogP contribution in [0, 0.1) is 0 Å².